The van der Waals surface area contributed by atoms with Crippen LogP contribution in [0.4, 0.5) is 0 Å². The molecule has 42 heavy (non-hydrogen) atoms. The maximum Gasteiger partial charge on any atom is 0.306 e. The molecule has 1 aliphatic rings. The largest absolute Gasteiger partial charge is 0.457 e. The molecule has 0 saturated carbocycles. The molecule has 1 heterocycles. The molecule has 1 aliphatic heterocycles. The Morgan fingerprint density at radius 1 is 0.881 bits per heavy atom. The predicted molar refractivity (Wildman–Crippen MR) is 160 cm³/mol. The fourth-order valence-corrected chi connectivity index (χ4v) is 4.72. The molecule has 1 saturated heterocycles. The SMILES string of the molecule is C=C[C@@H](OCc1ccccc1)[C@H](OCc1ccccc1)[C@@H](COCc1ccccc1)OC(=O)CC[C@H]1COC(C)(C)O1. The molecule has 4 atom stereocenters. The first-order valence-corrected chi connectivity index (χ1v) is 14.5. The summed E-state index contributed by atoms with van der Waals surface area (Å²) in [7, 11) is 0. The van der Waals surface area contributed by atoms with Gasteiger partial charge in [0.05, 0.1) is 39.1 Å². The van der Waals surface area contributed by atoms with Crippen molar-refractivity contribution in [3.05, 3.63) is 120 Å². The van der Waals surface area contributed by atoms with E-state index in [2.05, 4.69) is 6.58 Å². The second-order valence-electron chi connectivity index (χ2n) is 10.8. The first kappa shape index (κ1) is 31.6. The van der Waals surface area contributed by atoms with Gasteiger partial charge < -0.3 is 28.4 Å². The van der Waals surface area contributed by atoms with Gasteiger partial charge in [-0.05, 0) is 37.0 Å². The van der Waals surface area contributed by atoms with Crippen LogP contribution in [-0.2, 0) is 53.0 Å². The van der Waals surface area contributed by atoms with Gasteiger partial charge in [-0.2, -0.15) is 0 Å². The number of hydrogen-bond donors (Lipinski definition) is 0. The molecule has 1 fully saturated rings. The van der Waals surface area contributed by atoms with Crippen molar-refractivity contribution in [2.75, 3.05) is 13.2 Å². The van der Waals surface area contributed by atoms with Crippen LogP contribution in [0.3, 0.4) is 0 Å². The third-order valence-corrected chi connectivity index (χ3v) is 6.91. The van der Waals surface area contributed by atoms with E-state index < -0.39 is 24.1 Å². The number of carbonyl (C=O) groups excluding carboxylic acids is 1. The maximum atomic E-state index is 13.2. The second kappa shape index (κ2) is 16.3. The highest BCUT2D eigenvalue weighted by Crippen LogP contribution is 2.25. The minimum Gasteiger partial charge on any atom is -0.457 e. The fourth-order valence-electron chi connectivity index (χ4n) is 4.72. The molecule has 7 heteroatoms. The van der Waals surface area contributed by atoms with E-state index in [1.807, 2.05) is 105 Å². The number of benzene rings is 3. The second-order valence-corrected chi connectivity index (χ2v) is 10.8. The molecule has 7 nitrogen and oxygen atoms in total. The Kier molecular flexibility index (Phi) is 12.3. The molecule has 0 bridgehead atoms. The normalized spacial score (nSPS) is 18.2. The van der Waals surface area contributed by atoms with Crippen LogP contribution in [-0.4, -0.2) is 49.4 Å². The third kappa shape index (κ3) is 10.5. The van der Waals surface area contributed by atoms with Gasteiger partial charge >= 0.3 is 5.97 Å². The van der Waals surface area contributed by atoms with Crippen molar-refractivity contribution >= 4 is 5.97 Å². The summed E-state index contributed by atoms with van der Waals surface area (Å²) in [5.41, 5.74) is 3.03. The molecule has 0 aromatic heterocycles. The standard InChI is InChI=1S/C35H42O7/c1-4-31(38-23-28-16-10-6-11-17-28)34(39-24-29-18-12-7-13-19-29)32(26-37-22-27-14-8-5-9-15-27)41-33(36)21-20-30-25-40-35(2,3)42-30/h4-19,30-32,34H,1,20-26H2,2-3H3/t30-,31+,32+,34-/m0/s1. The lowest BCUT2D eigenvalue weighted by atomic mass is 10.1. The summed E-state index contributed by atoms with van der Waals surface area (Å²) in [6.45, 7) is 9.34. The number of hydrogen-bond acceptors (Lipinski definition) is 7. The number of rotatable bonds is 17. The Balaban J connectivity index is 1.48. The van der Waals surface area contributed by atoms with Crippen LogP contribution in [0, 0.1) is 0 Å². The number of esters is 1. The molecular weight excluding hydrogens is 532 g/mol. The van der Waals surface area contributed by atoms with Gasteiger partial charge in [-0.1, -0.05) is 97.1 Å². The van der Waals surface area contributed by atoms with Crippen molar-refractivity contribution < 1.29 is 33.2 Å². The van der Waals surface area contributed by atoms with Crippen LogP contribution in [0.25, 0.3) is 0 Å². The summed E-state index contributed by atoms with van der Waals surface area (Å²) in [6.07, 6.45) is 0.207. The number of ether oxygens (including phenoxy) is 6. The van der Waals surface area contributed by atoms with Crippen molar-refractivity contribution in [3.8, 4) is 0 Å². The van der Waals surface area contributed by atoms with Crippen LogP contribution in [0.15, 0.2) is 104 Å². The van der Waals surface area contributed by atoms with Gasteiger partial charge in [-0.15, -0.1) is 6.58 Å². The average molecular weight is 575 g/mol. The zero-order valence-electron chi connectivity index (χ0n) is 24.6. The van der Waals surface area contributed by atoms with Crippen LogP contribution >= 0.6 is 0 Å². The molecule has 0 radical (unpaired) electrons. The monoisotopic (exact) mass is 574 g/mol. The minimum absolute atomic E-state index is 0.120. The average Bonchev–Trinajstić information content (AvgIpc) is 3.37. The van der Waals surface area contributed by atoms with Crippen LogP contribution in [0.2, 0.25) is 0 Å². The van der Waals surface area contributed by atoms with Crippen molar-refractivity contribution in [1.29, 1.82) is 0 Å². The van der Waals surface area contributed by atoms with Gasteiger partial charge in [0.15, 0.2) is 11.9 Å². The van der Waals surface area contributed by atoms with Crippen molar-refractivity contribution in [2.24, 2.45) is 0 Å². The number of carbonyl (C=O) groups is 1. The minimum atomic E-state index is -0.749. The molecule has 0 spiro atoms. The molecule has 0 amide bonds. The van der Waals surface area contributed by atoms with E-state index in [1.165, 1.54) is 0 Å². The summed E-state index contributed by atoms with van der Waals surface area (Å²) in [4.78, 5) is 13.2. The Labute approximate surface area is 249 Å². The van der Waals surface area contributed by atoms with Gasteiger partial charge in [0, 0.05) is 6.42 Å². The zero-order chi connectivity index (χ0) is 29.6. The van der Waals surface area contributed by atoms with Gasteiger partial charge in [0.25, 0.3) is 0 Å². The van der Waals surface area contributed by atoms with Crippen LogP contribution in [0.5, 0.6) is 0 Å². The molecule has 0 aliphatic carbocycles. The van der Waals surface area contributed by atoms with Gasteiger partial charge in [-0.25, -0.2) is 0 Å². The Morgan fingerprint density at radius 3 is 1.95 bits per heavy atom. The first-order chi connectivity index (χ1) is 20.4. The van der Waals surface area contributed by atoms with E-state index >= 15 is 0 Å². The molecule has 4 rings (SSSR count). The van der Waals surface area contributed by atoms with Crippen molar-refractivity contribution in [2.45, 2.75) is 76.7 Å². The lowest BCUT2D eigenvalue weighted by molar-refractivity contribution is -0.177. The summed E-state index contributed by atoms with van der Waals surface area (Å²) in [6, 6.07) is 29.6. The first-order valence-electron chi connectivity index (χ1n) is 14.5. The van der Waals surface area contributed by atoms with Gasteiger partial charge in [0.2, 0.25) is 0 Å². The maximum absolute atomic E-state index is 13.2. The van der Waals surface area contributed by atoms with Crippen LogP contribution in [0.1, 0.15) is 43.4 Å². The molecule has 3 aromatic rings. The van der Waals surface area contributed by atoms with E-state index in [9.17, 15) is 4.79 Å². The Hall–Kier alpha value is -3.33. The topological polar surface area (TPSA) is 72.5 Å². The summed E-state index contributed by atoms with van der Waals surface area (Å²) >= 11 is 0. The third-order valence-electron chi connectivity index (χ3n) is 6.91. The van der Waals surface area contributed by atoms with Gasteiger partial charge in [0.1, 0.15) is 12.2 Å². The van der Waals surface area contributed by atoms with Crippen molar-refractivity contribution in [1.82, 2.24) is 0 Å². The van der Waals surface area contributed by atoms with E-state index in [0.29, 0.717) is 32.8 Å². The Bertz CT molecular complexity index is 1200. The van der Waals surface area contributed by atoms with E-state index in [4.69, 9.17) is 28.4 Å². The predicted octanol–water partition coefficient (Wildman–Crippen LogP) is 6.40. The highest BCUT2D eigenvalue weighted by Gasteiger charge is 2.35. The molecule has 224 valence electrons. The molecule has 3 aromatic carbocycles. The summed E-state index contributed by atoms with van der Waals surface area (Å²) < 4.78 is 36.4. The van der Waals surface area contributed by atoms with Gasteiger partial charge in [-0.3, -0.25) is 4.79 Å². The lowest BCUT2D eigenvalue weighted by Crippen LogP contribution is -2.45. The summed E-state index contributed by atoms with van der Waals surface area (Å²) in [5.74, 6) is -1.01. The highest BCUT2D eigenvalue weighted by atomic mass is 16.7. The molecule has 0 unspecified atom stereocenters. The summed E-state index contributed by atoms with van der Waals surface area (Å²) in [5, 5.41) is 0. The highest BCUT2D eigenvalue weighted by molar-refractivity contribution is 5.69. The van der Waals surface area contributed by atoms with E-state index in [-0.39, 0.29) is 25.1 Å². The fraction of sp³-hybridized carbons (Fsp3) is 0.400. The van der Waals surface area contributed by atoms with Crippen LogP contribution < -0.4 is 0 Å². The smallest absolute Gasteiger partial charge is 0.306 e. The Morgan fingerprint density at radius 2 is 1.43 bits per heavy atom. The quantitative estimate of drug-likeness (QED) is 0.136. The van der Waals surface area contributed by atoms with E-state index in [0.717, 1.165) is 16.7 Å². The zero-order valence-corrected chi connectivity index (χ0v) is 24.6. The molecular formula is C35H42O7. The van der Waals surface area contributed by atoms with Crippen molar-refractivity contribution in [3.63, 3.8) is 0 Å². The molecule has 0 N–H and O–H groups in total. The van der Waals surface area contributed by atoms with E-state index in [1.54, 1.807) is 6.08 Å². The lowest BCUT2D eigenvalue weighted by Gasteiger charge is -2.32.